The Bertz CT molecular complexity index is 442. The predicted molar refractivity (Wildman–Crippen MR) is 51.8 cm³/mol. The molecule has 0 amide bonds. The zero-order chi connectivity index (χ0) is 10.4. The molecule has 0 spiro atoms. The third-order valence-electron chi connectivity index (χ3n) is 1.26. The van der Waals surface area contributed by atoms with Gasteiger partial charge in [-0.15, -0.1) is 0 Å². The molecule has 1 N–H and O–H groups in total. The van der Waals surface area contributed by atoms with Gasteiger partial charge in [-0.1, -0.05) is 22.6 Å². The number of hydrogen-bond acceptors (Lipinski definition) is 3. The van der Waals surface area contributed by atoms with E-state index in [0.29, 0.717) is 5.69 Å². The highest BCUT2D eigenvalue weighted by Crippen LogP contribution is 2.19. The van der Waals surface area contributed by atoms with Gasteiger partial charge in [-0.25, -0.2) is 4.98 Å². The van der Waals surface area contributed by atoms with Gasteiger partial charge in [0.2, 0.25) is 0 Å². The summed E-state index contributed by atoms with van der Waals surface area (Å²) in [5, 5.41) is 12.3. The Labute approximate surface area is 85.0 Å². The van der Waals surface area contributed by atoms with E-state index in [1.54, 1.807) is 0 Å². The number of aromatic hydroxyl groups is 1. The summed E-state index contributed by atoms with van der Waals surface area (Å²) < 4.78 is 0. The Hall–Kier alpha value is -1.89. The summed E-state index contributed by atoms with van der Waals surface area (Å²) in [5.74, 6) is 5.11. The SMILES string of the molecule is [N-]=[N+]=NCC#Cc1ccc(O)c(Cl)n1. The molecule has 1 rings (SSSR count). The summed E-state index contributed by atoms with van der Waals surface area (Å²) in [6, 6.07) is 2.91. The van der Waals surface area contributed by atoms with E-state index in [0.717, 1.165) is 0 Å². The first-order chi connectivity index (χ1) is 6.74. The summed E-state index contributed by atoms with van der Waals surface area (Å²) in [4.78, 5) is 6.31. The molecular weight excluding hydrogens is 204 g/mol. The molecule has 5 nitrogen and oxygen atoms in total. The Balaban J connectivity index is 2.80. The first-order valence-corrected chi connectivity index (χ1v) is 3.97. The zero-order valence-electron chi connectivity index (χ0n) is 6.98. The maximum absolute atomic E-state index is 9.04. The molecule has 0 aliphatic carbocycles. The summed E-state index contributed by atoms with van der Waals surface area (Å²) in [6.45, 7) is 0.0800. The monoisotopic (exact) mass is 208 g/mol. The van der Waals surface area contributed by atoms with Gasteiger partial charge in [0.25, 0.3) is 0 Å². The highest BCUT2D eigenvalue weighted by Gasteiger charge is 1.98. The van der Waals surface area contributed by atoms with Crippen molar-refractivity contribution in [2.45, 2.75) is 0 Å². The lowest BCUT2D eigenvalue weighted by Gasteiger charge is -1.94. The van der Waals surface area contributed by atoms with Crippen LogP contribution in [0.2, 0.25) is 5.15 Å². The minimum atomic E-state index is -0.0905. The first kappa shape index (κ1) is 10.2. The molecule has 0 fully saturated rings. The third-order valence-corrected chi connectivity index (χ3v) is 1.54. The van der Waals surface area contributed by atoms with Gasteiger partial charge >= 0.3 is 0 Å². The van der Waals surface area contributed by atoms with Crippen LogP contribution in [-0.4, -0.2) is 16.6 Å². The molecule has 1 aromatic rings. The summed E-state index contributed by atoms with van der Waals surface area (Å²) >= 11 is 5.54. The third kappa shape index (κ3) is 2.87. The molecule has 0 bridgehead atoms. The van der Waals surface area contributed by atoms with Crippen molar-refractivity contribution in [1.82, 2.24) is 4.98 Å². The minimum absolute atomic E-state index is 0.000541. The molecule has 0 atom stereocenters. The molecule has 1 aromatic heterocycles. The second-order valence-electron chi connectivity index (χ2n) is 2.20. The standard InChI is InChI=1S/C8H5ClN4O/c9-8-7(14)4-3-6(12-8)2-1-5-11-13-10/h3-4,14H,5H2. The van der Waals surface area contributed by atoms with Crippen molar-refractivity contribution < 1.29 is 5.11 Å². The van der Waals surface area contributed by atoms with Crippen molar-refractivity contribution in [1.29, 1.82) is 0 Å². The van der Waals surface area contributed by atoms with E-state index in [4.69, 9.17) is 22.2 Å². The van der Waals surface area contributed by atoms with Crippen LogP contribution in [-0.2, 0) is 0 Å². The molecule has 6 heteroatoms. The molecular formula is C8H5ClN4O. The van der Waals surface area contributed by atoms with Crippen molar-refractivity contribution >= 4 is 11.6 Å². The number of aromatic nitrogens is 1. The van der Waals surface area contributed by atoms with Crippen molar-refractivity contribution in [3.63, 3.8) is 0 Å². The largest absolute Gasteiger partial charge is 0.505 e. The predicted octanol–water partition coefficient (Wildman–Crippen LogP) is 2.10. The van der Waals surface area contributed by atoms with Crippen molar-refractivity contribution in [2.24, 2.45) is 5.11 Å². The van der Waals surface area contributed by atoms with Crippen LogP contribution in [0.4, 0.5) is 0 Å². The van der Waals surface area contributed by atoms with E-state index >= 15 is 0 Å². The van der Waals surface area contributed by atoms with Gasteiger partial charge in [0.1, 0.15) is 5.69 Å². The molecule has 0 aromatic carbocycles. The van der Waals surface area contributed by atoms with Gasteiger partial charge in [-0.2, -0.15) is 0 Å². The van der Waals surface area contributed by atoms with Gasteiger partial charge in [0.15, 0.2) is 10.9 Å². The number of nitrogens with zero attached hydrogens (tertiary/aromatic N) is 4. The second-order valence-corrected chi connectivity index (χ2v) is 2.56. The van der Waals surface area contributed by atoms with E-state index in [2.05, 4.69) is 26.9 Å². The van der Waals surface area contributed by atoms with Crippen LogP contribution in [0.1, 0.15) is 5.69 Å². The van der Waals surface area contributed by atoms with Crippen LogP contribution in [0.25, 0.3) is 10.4 Å². The number of halogens is 1. The first-order valence-electron chi connectivity index (χ1n) is 3.59. The lowest BCUT2D eigenvalue weighted by molar-refractivity contribution is 0.473. The summed E-state index contributed by atoms with van der Waals surface area (Å²) in [6.07, 6.45) is 0. The van der Waals surface area contributed by atoms with Crippen LogP contribution in [0, 0.1) is 11.8 Å². The Morgan fingerprint density at radius 1 is 1.64 bits per heavy atom. The number of hydrogen-bond donors (Lipinski definition) is 1. The lowest BCUT2D eigenvalue weighted by Crippen LogP contribution is -1.83. The molecule has 0 saturated heterocycles. The van der Waals surface area contributed by atoms with Gasteiger partial charge < -0.3 is 5.11 Å². The lowest BCUT2D eigenvalue weighted by atomic mass is 10.3. The number of pyridine rings is 1. The maximum Gasteiger partial charge on any atom is 0.172 e. The molecule has 0 unspecified atom stereocenters. The van der Waals surface area contributed by atoms with Crippen molar-refractivity contribution in [3.05, 3.63) is 33.4 Å². The normalized spacial score (nSPS) is 8.36. The maximum atomic E-state index is 9.04. The fourth-order valence-corrected chi connectivity index (χ4v) is 0.848. The van der Waals surface area contributed by atoms with Crippen molar-refractivity contribution in [3.8, 4) is 17.6 Å². The van der Waals surface area contributed by atoms with E-state index in [1.165, 1.54) is 12.1 Å². The summed E-state index contributed by atoms with van der Waals surface area (Å²) in [5.41, 5.74) is 8.38. The van der Waals surface area contributed by atoms with Crippen LogP contribution in [0.15, 0.2) is 17.2 Å². The van der Waals surface area contributed by atoms with E-state index < -0.39 is 0 Å². The van der Waals surface area contributed by atoms with E-state index in [1.807, 2.05) is 0 Å². The quantitative estimate of drug-likeness (QED) is 0.252. The smallest absolute Gasteiger partial charge is 0.172 e. The van der Waals surface area contributed by atoms with Gasteiger partial charge in [0, 0.05) is 4.91 Å². The minimum Gasteiger partial charge on any atom is -0.505 e. The van der Waals surface area contributed by atoms with Crippen LogP contribution in [0.5, 0.6) is 5.75 Å². The van der Waals surface area contributed by atoms with Gasteiger partial charge in [0.05, 0.1) is 6.54 Å². The Morgan fingerprint density at radius 3 is 3.07 bits per heavy atom. The van der Waals surface area contributed by atoms with Gasteiger partial charge in [-0.3, -0.25) is 0 Å². The van der Waals surface area contributed by atoms with Crippen molar-refractivity contribution in [2.75, 3.05) is 6.54 Å². The molecule has 0 radical (unpaired) electrons. The van der Waals surface area contributed by atoms with Crippen LogP contribution in [0.3, 0.4) is 0 Å². The highest BCUT2D eigenvalue weighted by atomic mass is 35.5. The fourth-order valence-electron chi connectivity index (χ4n) is 0.694. The molecule has 70 valence electrons. The van der Waals surface area contributed by atoms with Crippen LogP contribution >= 0.6 is 11.6 Å². The Morgan fingerprint density at radius 2 is 2.43 bits per heavy atom. The fraction of sp³-hybridized carbons (Fsp3) is 0.125. The highest BCUT2D eigenvalue weighted by molar-refractivity contribution is 6.30. The molecule has 1 heterocycles. The molecule has 0 aliphatic rings. The summed E-state index contributed by atoms with van der Waals surface area (Å²) in [7, 11) is 0. The zero-order valence-corrected chi connectivity index (χ0v) is 7.73. The van der Waals surface area contributed by atoms with Crippen LogP contribution < -0.4 is 0 Å². The second kappa shape index (κ2) is 4.97. The topological polar surface area (TPSA) is 81.9 Å². The van der Waals surface area contributed by atoms with Gasteiger partial charge in [-0.05, 0) is 23.6 Å². The molecule has 0 aliphatic heterocycles. The van der Waals surface area contributed by atoms with E-state index in [-0.39, 0.29) is 17.4 Å². The van der Waals surface area contributed by atoms with E-state index in [9.17, 15) is 0 Å². The Kier molecular flexibility index (Phi) is 3.62. The molecule has 14 heavy (non-hydrogen) atoms. The average Bonchev–Trinajstić information content (AvgIpc) is 2.18. The number of rotatable bonds is 1. The average molecular weight is 209 g/mol. The molecule has 0 saturated carbocycles. The number of azide groups is 1.